The van der Waals surface area contributed by atoms with E-state index >= 15 is 0 Å². The van der Waals surface area contributed by atoms with Crippen LogP contribution >= 0.6 is 0 Å². The van der Waals surface area contributed by atoms with E-state index in [0.29, 0.717) is 42.5 Å². The molecule has 1 amide bonds. The molecule has 3 rings (SSSR count). The summed E-state index contributed by atoms with van der Waals surface area (Å²) < 4.78 is 32.9. The minimum Gasteiger partial charge on any atom is -0.496 e. The van der Waals surface area contributed by atoms with Gasteiger partial charge in [-0.05, 0) is 61.8 Å². The molecular weight excluding hydrogens is 376 g/mol. The molecule has 6 nitrogen and oxygen atoms in total. The molecule has 1 aromatic carbocycles. The predicted molar refractivity (Wildman–Crippen MR) is 109 cm³/mol. The van der Waals surface area contributed by atoms with Gasteiger partial charge in [0.2, 0.25) is 15.9 Å². The van der Waals surface area contributed by atoms with Crippen LogP contribution in [0.4, 0.5) is 0 Å². The van der Waals surface area contributed by atoms with Crippen molar-refractivity contribution >= 4 is 15.9 Å². The van der Waals surface area contributed by atoms with E-state index in [1.807, 2.05) is 4.90 Å². The van der Waals surface area contributed by atoms with Gasteiger partial charge in [-0.3, -0.25) is 4.79 Å². The second-order valence-corrected chi connectivity index (χ2v) is 9.96. The number of nitrogens with zero attached hydrogens (tertiary/aromatic N) is 2. The lowest BCUT2D eigenvalue weighted by Gasteiger charge is -2.31. The zero-order chi connectivity index (χ0) is 20.1. The highest BCUT2D eigenvalue weighted by Gasteiger charge is 2.27. The summed E-state index contributed by atoms with van der Waals surface area (Å²) in [6.45, 7) is 4.98. The van der Waals surface area contributed by atoms with Crippen molar-refractivity contribution < 1.29 is 17.9 Å². The Bertz CT molecular complexity index is 788. The molecule has 1 unspecified atom stereocenters. The Hall–Kier alpha value is -1.60. The second kappa shape index (κ2) is 9.27. The van der Waals surface area contributed by atoms with E-state index in [-0.39, 0.29) is 5.91 Å². The van der Waals surface area contributed by atoms with Gasteiger partial charge < -0.3 is 9.64 Å². The van der Waals surface area contributed by atoms with Gasteiger partial charge in [-0.2, -0.15) is 4.31 Å². The zero-order valence-electron chi connectivity index (χ0n) is 17.0. The Labute approximate surface area is 168 Å². The van der Waals surface area contributed by atoms with Gasteiger partial charge in [0.25, 0.3) is 0 Å². The Morgan fingerprint density at radius 3 is 2.57 bits per heavy atom. The number of amides is 1. The van der Waals surface area contributed by atoms with Crippen molar-refractivity contribution in [2.45, 2.75) is 56.8 Å². The average Bonchev–Trinajstić information content (AvgIpc) is 2.72. The molecule has 1 atom stereocenters. The SMILES string of the molecule is COc1ccc(S(=O)(=O)N2CCCCC2)cc1CCC(=O)N1CCCC(C)C1. The highest BCUT2D eigenvalue weighted by molar-refractivity contribution is 7.89. The fraction of sp³-hybridized carbons (Fsp3) is 0.667. The van der Waals surface area contributed by atoms with Gasteiger partial charge in [-0.15, -0.1) is 0 Å². The minimum absolute atomic E-state index is 0.137. The molecule has 0 spiro atoms. The van der Waals surface area contributed by atoms with Crippen LogP contribution in [0.2, 0.25) is 0 Å². The van der Waals surface area contributed by atoms with Gasteiger partial charge in [0, 0.05) is 32.6 Å². The third kappa shape index (κ3) is 4.87. The standard InChI is InChI=1S/C21H32N2O4S/c1-17-7-6-12-22(16-17)21(24)11-8-18-15-19(9-10-20(18)27-2)28(25,26)23-13-4-3-5-14-23/h9-10,15,17H,3-8,11-14,16H2,1-2H3. The van der Waals surface area contributed by atoms with E-state index in [9.17, 15) is 13.2 Å². The summed E-state index contributed by atoms with van der Waals surface area (Å²) in [6, 6.07) is 5.01. The average molecular weight is 409 g/mol. The van der Waals surface area contributed by atoms with E-state index < -0.39 is 10.0 Å². The highest BCUT2D eigenvalue weighted by atomic mass is 32.2. The monoisotopic (exact) mass is 408 g/mol. The number of rotatable bonds is 6. The molecule has 28 heavy (non-hydrogen) atoms. The number of carbonyl (C=O) groups excluding carboxylic acids is 1. The fourth-order valence-corrected chi connectivity index (χ4v) is 5.75. The summed E-state index contributed by atoms with van der Waals surface area (Å²) in [7, 11) is -1.92. The summed E-state index contributed by atoms with van der Waals surface area (Å²) >= 11 is 0. The lowest BCUT2D eigenvalue weighted by molar-refractivity contribution is -0.132. The summed E-state index contributed by atoms with van der Waals surface area (Å²) in [5.74, 6) is 1.32. The number of benzene rings is 1. The number of piperidine rings is 2. The van der Waals surface area contributed by atoms with Crippen molar-refractivity contribution in [1.29, 1.82) is 0 Å². The maximum absolute atomic E-state index is 13.0. The number of hydrogen-bond donors (Lipinski definition) is 0. The quantitative estimate of drug-likeness (QED) is 0.726. The molecule has 0 saturated carbocycles. The normalized spacial score (nSPS) is 21.5. The molecular formula is C21H32N2O4S. The van der Waals surface area contributed by atoms with Gasteiger partial charge in [0.1, 0.15) is 5.75 Å². The van der Waals surface area contributed by atoms with Gasteiger partial charge in [0.05, 0.1) is 12.0 Å². The van der Waals surface area contributed by atoms with Crippen LogP contribution in [0, 0.1) is 5.92 Å². The van der Waals surface area contributed by atoms with Gasteiger partial charge >= 0.3 is 0 Å². The van der Waals surface area contributed by atoms with Crippen LogP contribution in [-0.4, -0.2) is 56.8 Å². The Morgan fingerprint density at radius 1 is 1.14 bits per heavy atom. The number of likely N-dealkylation sites (tertiary alicyclic amines) is 1. The molecule has 2 fully saturated rings. The molecule has 2 aliphatic heterocycles. The van der Waals surface area contributed by atoms with E-state index in [1.165, 1.54) is 6.42 Å². The molecule has 1 aromatic rings. The third-order valence-corrected chi connectivity index (χ3v) is 7.72. The summed E-state index contributed by atoms with van der Waals surface area (Å²) in [5.41, 5.74) is 0.777. The van der Waals surface area contributed by atoms with Crippen molar-refractivity contribution in [3.63, 3.8) is 0 Å². The number of aryl methyl sites for hydroxylation is 1. The molecule has 156 valence electrons. The van der Waals surface area contributed by atoms with Crippen LogP contribution in [0.1, 0.15) is 51.0 Å². The van der Waals surface area contributed by atoms with Crippen molar-refractivity contribution in [2.75, 3.05) is 33.3 Å². The smallest absolute Gasteiger partial charge is 0.243 e. The Kier molecular flexibility index (Phi) is 6.99. The second-order valence-electron chi connectivity index (χ2n) is 8.03. The van der Waals surface area contributed by atoms with E-state index in [2.05, 4.69) is 6.92 Å². The van der Waals surface area contributed by atoms with Crippen molar-refractivity contribution in [2.24, 2.45) is 5.92 Å². The molecule has 0 radical (unpaired) electrons. The lowest BCUT2D eigenvalue weighted by atomic mass is 9.99. The maximum atomic E-state index is 13.0. The molecule has 0 bridgehead atoms. The molecule has 0 N–H and O–H groups in total. The number of carbonyl (C=O) groups is 1. The first kappa shape index (κ1) is 21.1. The van der Waals surface area contributed by atoms with Crippen molar-refractivity contribution in [3.8, 4) is 5.75 Å². The molecule has 2 saturated heterocycles. The number of hydrogen-bond acceptors (Lipinski definition) is 4. The van der Waals surface area contributed by atoms with Crippen molar-refractivity contribution in [1.82, 2.24) is 9.21 Å². The van der Waals surface area contributed by atoms with E-state index in [1.54, 1.807) is 29.6 Å². The summed E-state index contributed by atoms with van der Waals surface area (Å²) in [6.07, 6.45) is 5.98. The van der Waals surface area contributed by atoms with E-state index in [4.69, 9.17) is 4.74 Å². The van der Waals surface area contributed by atoms with Crippen molar-refractivity contribution in [3.05, 3.63) is 23.8 Å². The third-order valence-electron chi connectivity index (χ3n) is 5.82. The Morgan fingerprint density at radius 2 is 1.89 bits per heavy atom. The molecule has 0 aromatic heterocycles. The molecule has 0 aliphatic carbocycles. The number of methoxy groups -OCH3 is 1. The van der Waals surface area contributed by atoms with E-state index in [0.717, 1.165) is 44.3 Å². The van der Waals surface area contributed by atoms with Gasteiger partial charge in [0.15, 0.2) is 0 Å². The first-order chi connectivity index (χ1) is 13.4. The summed E-state index contributed by atoms with van der Waals surface area (Å²) in [5, 5.41) is 0. The predicted octanol–water partition coefficient (Wildman–Crippen LogP) is 3.06. The molecule has 7 heteroatoms. The van der Waals surface area contributed by atoms with Gasteiger partial charge in [-0.25, -0.2) is 8.42 Å². The maximum Gasteiger partial charge on any atom is 0.243 e. The zero-order valence-corrected chi connectivity index (χ0v) is 17.8. The van der Waals surface area contributed by atoms with Crippen LogP contribution in [0.15, 0.2) is 23.1 Å². The van der Waals surface area contributed by atoms with Crippen LogP contribution in [0.25, 0.3) is 0 Å². The van der Waals surface area contributed by atoms with Crippen LogP contribution < -0.4 is 4.74 Å². The lowest BCUT2D eigenvalue weighted by Crippen LogP contribution is -2.39. The fourth-order valence-electron chi connectivity index (χ4n) is 4.18. The van der Waals surface area contributed by atoms with Crippen LogP contribution in [0.5, 0.6) is 5.75 Å². The molecule has 2 heterocycles. The van der Waals surface area contributed by atoms with Crippen LogP contribution in [0.3, 0.4) is 0 Å². The van der Waals surface area contributed by atoms with Gasteiger partial charge in [-0.1, -0.05) is 13.3 Å². The first-order valence-corrected chi connectivity index (χ1v) is 11.8. The largest absolute Gasteiger partial charge is 0.496 e. The number of ether oxygens (including phenoxy) is 1. The van der Waals surface area contributed by atoms with Crippen LogP contribution in [-0.2, 0) is 21.2 Å². The minimum atomic E-state index is -3.49. The first-order valence-electron chi connectivity index (χ1n) is 10.4. The highest BCUT2D eigenvalue weighted by Crippen LogP contribution is 2.27. The molecule has 2 aliphatic rings. The summed E-state index contributed by atoms with van der Waals surface area (Å²) in [4.78, 5) is 14.8. The number of sulfonamides is 1. The Balaban J connectivity index is 1.73. The topological polar surface area (TPSA) is 66.9 Å².